The molecule has 4 nitrogen and oxygen atoms in total. The van der Waals surface area contributed by atoms with Crippen molar-refractivity contribution >= 4 is 16.7 Å². The Morgan fingerprint density at radius 1 is 1.21 bits per heavy atom. The highest BCUT2D eigenvalue weighted by Crippen LogP contribution is 2.35. The second-order valence-corrected chi connectivity index (χ2v) is 7.65. The van der Waals surface area contributed by atoms with Crippen molar-refractivity contribution in [3.63, 3.8) is 0 Å². The number of anilines is 1. The average Bonchev–Trinajstić information content (AvgIpc) is 2.57. The Bertz CT molecular complexity index is 788. The molecule has 128 valence electrons. The quantitative estimate of drug-likeness (QED) is 0.846. The maximum atomic E-state index is 10.9. The molecule has 2 atom stereocenters. The number of aryl methyl sites for hydroxylation is 3. The summed E-state index contributed by atoms with van der Waals surface area (Å²) in [5.74, 6) is 1.35. The number of benzene rings is 1. The molecule has 24 heavy (non-hydrogen) atoms. The van der Waals surface area contributed by atoms with Gasteiger partial charge in [0, 0.05) is 30.9 Å². The van der Waals surface area contributed by atoms with Crippen LogP contribution < -0.4 is 10.2 Å². The predicted molar refractivity (Wildman–Crippen MR) is 98.7 cm³/mol. The summed E-state index contributed by atoms with van der Waals surface area (Å²) in [5, 5.41) is 15.6. The van der Waals surface area contributed by atoms with Crippen LogP contribution in [-0.2, 0) is 0 Å². The first-order valence-corrected chi connectivity index (χ1v) is 9.03. The highest BCUT2D eigenvalue weighted by atomic mass is 16.3. The Morgan fingerprint density at radius 3 is 2.88 bits per heavy atom. The molecule has 2 aliphatic rings. The number of rotatable bonds is 1. The number of aliphatic hydroxyl groups is 1. The Balaban J connectivity index is 1.71. The van der Waals surface area contributed by atoms with E-state index in [2.05, 4.69) is 49.2 Å². The second kappa shape index (κ2) is 5.71. The van der Waals surface area contributed by atoms with E-state index in [1.54, 1.807) is 0 Å². The van der Waals surface area contributed by atoms with Crippen LogP contribution in [0.2, 0.25) is 0 Å². The smallest absolute Gasteiger partial charge is 0.129 e. The fraction of sp³-hybridized carbons (Fsp3) is 0.550. The molecule has 2 aliphatic heterocycles. The van der Waals surface area contributed by atoms with Gasteiger partial charge in [-0.2, -0.15) is 0 Å². The van der Waals surface area contributed by atoms with Crippen LogP contribution in [0, 0.1) is 26.7 Å². The molecule has 4 heteroatoms. The molecule has 0 aliphatic carbocycles. The van der Waals surface area contributed by atoms with Crippen LogP contribution in [0.3, 0.4) is 0 Å². The van der Waals surface area contributed by atoms with Crippen LogP contribution in [0.15, 0.2) is 18.2 Å². The van der Waals surface area contributed by atoms with Crippen molar-refractivity contribution in [3.05, 3.63) is 34.9 Å². The highest BCUT2D eigenvalue weighted by Gasteiger charge is 2.43. The van der Waals surface area contributed by atoms with Crippen molar-refractivity contribution in [1.82, 2.24) is 10.3 Å². The molecular formula is C20H27N3O. The summed E-state index contributed by atoms with van der Waals surface area (Å²) in [4.78, 5) is 7.37. The summed E-state index contributed by atoms with van der Waals surface area (Å²) in [7, 11) is 0. The Kier molecular flexibility index (Phi) is 3.77. The molecule has 2 saturated heterocycles. The lowest BCUT2D eigenvalue weighted by Gasteiger charge is -2.48. The van der Waals surface area contributed by atoms with Gasteiger partial charge in [-0.15, -0.1) is 0 Å². The standard InChI is InChI=1S/C20H27N3O/c1-13-4-5-17-14(2)10-18(22-19(17)15(13)3)23-9-7-20(24)6-8-21-11-16(20)12-23/h4-5,10,16,21,24H,6-9,11-12H2,1-3H3/t16-,20-/m0/s1. The van der Waals surface area contributed by atoms with E-state index in [4.69, 9.17) is 4.98 Å². The third-order valence-electron chi connectivity index (χ3n) is 6.16. The molecule has 0 radical (unpaired) electrons. The molecule has 2 fully saturated rings. The third kappa shape index (κ3) is 2.49. The highest BCUT2D eigenvalue weighted by molar-refractivity contribution is 5.87. The summed E-state index contributed by atoms with van der Waals surface area (Å²) in [5.41, 5.74) is 4.47. The molecule has 0 saturated carbocycles. The maximum absolute atomic E-state index is 10.9. The van der Waals surface area contributed by atoms with E-state index in [1.807, 2.05) is 0 Å². The molecule has 0 unspecified atom stereocenters. The average molecular weight is 325 g/mol. The number of pyridine rings is 1. The van der Waals surface area contributed by atoms with E-state index >= 15 is 0 Å². The van der Waals surface area contributed by atoms with E-state index in [9.17, 15) is 5.11 Å². The zero-order valence-electron chi connectivity index (χ0n) is 14.9. The first-order valence-electron chi connectivity index (χ1n) is 9.03. The van der Waals surface area contributed by atoms with Gasteiger partial charge in [-0.05, 0) is 62.9 Å². The third-order valence-corrected chi connectivity index (χ3v) is 6.16. The Labute approximate surface area is 143 Å². The number of aromatic nitrogens is 1. The topological polar surface area (TPSA) is 48.4 Å². The summed E-state index contributed by atoms with van der Waals surface area (Å²) in [6.07, 6.45) is 1.71. The summed E-state index contributed by atoms with van der Waals surface area (Å²) >= 11 is 0. The fourth-order valence-electron chi connectivity index (χ4n) is 4.28. The summed E-state index contributed by atoms with van der Waals surface area (Å²) < 4.78 is 0. The first-order chi connectivity index (χ1) is 11.5. The van der Waals surface area contributed by atoms with Gasteiger partial charge in [0.25, 0.3) is 0 Å². The van der Waals surface area contributed by atoms with Gasteiger partial charge in [-0.1, -0.05) is 12.1 Å². The van der Waals surface area contributed by atoms with Gasteiger partial charge in [0.2, 0.25) is 0 Å². The lowest BCUT2D eigenvalue weighted by atomic mass is 9.76. The van der Waals surface area contributed by atoms with Gasteiger partial charge in [0.15, 0.2) is 0 Å². The number of nitrogens with one attached hydrogen (secondary N) is 1. The zero-order chi connectivity index (χ0) is 16.9. The van der Waals surface area contributed by atoms with Crippen LogP contribution in [0.25, 0.3) is 10.9 Å². The van der Waals surface area contributed by atoms with E-state index < -0.39 is 5.60 Å². The SMILES string of the molecule is Cc1ccc2c(C)cc(N3CC[C@@]4(O)CCNC[C@H]4C3)nc2c1C. The van der Waals surface area contributed by atoms with Crippen molar-refractivity contribution in [3.8, 4) is 0 Å². The molecule has 3 heterocycles. The number of hydrogen-bond donors (Lipinski definition) is 2. The van der Waals surface area contributed by atoms with Gasteiger partial charge in [-0.3, -0.25) is 0 Å². The van der Waals surface area contributed by atoms with Gasteiger partial charge in [0.05, 0.1) is 11.1 Å². The minimum atomic E-state index is -0.486. The van der Waals surface area contributed by atoms with Gasteiger partial charge >= 0.3 is 0 Å². The van der Waals surface area contributed by atoms with E-state index in [0.717, 1.165) is 50.4 Å². The largest absolute Gasteiger partial charge is 0.389 e. The molecule has 2 aromatic rings. The van der Waals surface area contributed by atoms with Crippen LogP contribution in [0.1, 0.15) is 29.5 Å². The molecular weight excluding hydrogens is 298 g/mol. The van der Waals surface area contributed by atoms with Crippen LogP contribution >= 0.6 is 0 Å². The maximum Gasteiger partial charge on any atom is 0.129 e. The monoisotopic (exact) mass is 325 g/mol. The number of nitrogens with zero attached hydrogens (tertiary/aromatic N) is 2. The van der Waals surface area contributed by atoms with Crippen LogP contribution in [-0.4, -0.2) is 41.9 Å². The van der Waals surface area contributed by atoms with Gasteiger partial charge in [-0.25, -0.2) is 4.98 Å². The first kappa shape index (κ1) is 15.9. The molecule has 0 spiro atoms. The molecule has 2 N–H and O–H groups in total. The van der Waals surface area contributed by atoms with Crippen molar-refractivity contribution in [1.29, 1.82) is 0 Å². The molecule has 1 aromatic heterocycles. The predicted octanol–water partition coefficient (Wildman–Crippen LogP) is 2.71. The van der Waals surface area contributed by atoms with E-state index in [1.165, 1.54) is 22.1 Å². The Morgan fingerprint density at radius 2 is 2.04 bits per heavy atom. The number of piperidine rings is 2. The fourth-order valence-corrected chi connectivity index (χ4v) is 4.28. The number of fused-ring (bicyclic) bond motifs is 2. The van der Waals surface area contributed by atoms with Crippen LogP contribution in [0.4, 0.5) is 5.82 Å². The Hall–Kier alpha value is -1.65. The van der Waals surface area contributed by atoms with Crippen LogP contribution in [0.5, 0.6) is 0 Å². The summed E-state index contributed by atoms with van der Waals surface area (Å²) in [6.45, 7) is 10.1. The van der Waals surface area contributed by atoms with Crippen molar-refractivity contribution < 1.29 is 5.11 Å². The minimum absolute atomic E-state index is 0.288. The normalized spacial score (nSPS) is 27.3. The molecule has 0 amide bonds. The van der Waals surface area contributed by atoms with Gasteiger partial charge in [0.1, 0.15) is 5.82 Å². The van der Waals surface area contributed by atoms with E-state index in [-0.39, 0.29) is 5.92 Å². The van der Waals surface area contributed by atoms with Crippen molar-refractivity contribution in [2.45, 2.75) is 39.2 Å². The lowest BCUT2D eigenvalue weighted by molar-refractivity contribution is -0.0539. The summed E-state index contributed by atoms with van der Waals surface area (Å²) in [6, 6.07) is 6.57. The lowest BCUT2D eigenvalue weighted by Crippen LogP contribution is -2.59. The molecule has 0 bridgehead atoms. The van der Waals surface area contributed by atoms with Crippen molar-refractivity contribution in [2.75, 3.05) is 31.1 Å². The zero-order valence-corrected chi connectivity index (χ0v) is 14.9. The second-order valence-electron chi connectivity index (χ2n) is 7.65. The molecule has 4 rings (SSSR count). The van der Waals surface area contributed by atoms with Crippen molar-refractivity contribution in [2.24, 2.45) is 5.92 Å². The number of hydrogen-bond acceptors (Lipinski definition) is 4. The van der Waals surface area contributed by atoms with E-state index in [0.29, 0.717) is 0 Å². The molecule has 1 aromatic carbocycles. The van der Waals surface area contributed by atoms with Gasteiger partial charge < -0.3 is 15.3 Å². The minimum Gasteiger partial charge on any atom is -0.389 e.